The maximum absolute atomic E-state index is 10.6. The van der Waals surface area contributed by atoms with E-state index in [1.165, 1.54) is 12.1 Å². The first-order chi connectivity index (χ1) is 9.20. The number of hydrogen-bond acceptors (Lipinski definition) is 4. The van der Waals surface area contributed by atoms with E-state index in [0.717, 1.165) is 5.56 Å². The van der Waals surface area contributed by atoms with Crippen LogP contribution in [0.2, 0.25) is 0 Å². The van der Waals surface area contributed by atoms with Gasteiger partial charge in [0.1, 0.15) is 12.4 Å². The first-order valence-corrected chi connectivity index (χ1v) is 5.82. The van der Waals surface area contributed by atoms with Crippen molar-refractivity contribution in [3.05, 3.63) is 65.2 Å². The van der Waals surface area contributed by atoms with E-state index >= 15 is 0 Å². The second-order valence-electron chi connectivity index (χ2n) is 4.04. The molecule has 2 rings (SSSR count). The molecule has 2 aromatic rings. The molecular formula is C15H13O4-. The normalized spacial score (nSPS) is 10.2. The molecule has 1 N–H and O–H groups in total. The van der Waals surface area contributed by atoms with Gasteiger partial charge in [-0.05, 0) is 17.2 Å². The molecular weight excluding hydrogens is 244 g/mol. The Morgan fingerprint density at radius 1 is 1.11 bits per heavy atom. The fourth-order valence-corrected chi connectivity index (χ4v) is 1.67. The van der Waals surface area contributed by atoms with Crippen LogP contribution in [0.3, 0.4) is 0 Å². The Balaban J connectivity index is 2.04. The van der Waals surface area contributed by atoms with Gasteiger partial charge < -0.3 is 19.7 Å². The van der Waals surface area contributed by atoms with Gasteiger partial charge in [0.2, 0.25) is 0 Å². The molecule has 0 bridgehead atoms. The second-order valence-corrected chi connectivity index (χ2v) is 4.04. The summed E-state index contributed by atoms with van der Waals surface area (Å²) >= 11 is 0. The predicted molar refractivity (Wildman–Crippen MR) is 67.5 cm³/mol. The Labute approximate surface area is 110 Å². The van der Waals surface area contributed by atoms with Crippen molar-refractivity contribution in [2.75, 3.05) is 0 Å². The van der Waals surface area contributed by atoms with Gasteiger partial charge in [-0.1, -0.05) is 42.5 Å². The lowest BCUT2D eigenvalue weighted by Gasteiger charge is -2.10. The van der Waals surface area contributed by atoms with E-state index in [1.807, 2.05) is 12.1 Å². The quantitative estimate of drug-likeness (QED) is 0.871. The molecule has 0 aromatic heterocycles. The van der Waals surface area contributed by atoms with Crippen molar-refractivity contribution in [3.8, 4) is 5.75 Å². The number of carboxylic acids is 1. The summed E-state index contributed by atoms with van der Waals surface area (Å²) in [4.78, 5) is 10.6. The van der Waals surface area contributed by atoms with Crippen LogP contribution in [0.5, 0.6) is 5.75 Å². The fourth-order valence-electron chi connectivity index (χ4n) is 1.67. The molecule has 0 aliphatic carbocycles. The number of aliphatic hydroxyl groups excluding tert-OH is 1. The largest absolute Gasteiger partial charge is 0.545 e. The van der Waals surface area contributed by atoms with Gasteiger partial charge in [0.05, 0.1) is 12.6 Å². The SMILES string of the molecule is O=C([O-])c1ccc(COc2ccccc2CO)cc1. The Kier molecular flexibility index (Phi) is 4.15. The van der Waals surface area contributed by atoms with Crippen LogP contribution in [0.4, 0.5) is 0 Å². The lowest BCUT2D eigenvalue weighted by atomic mass is 10.1. The van der Waals surface area contributed by atoms with Crippen LogP contribution in [0.1, 0.15) is 21.5 Å². The molecule has 0 amide bonds. The van der Waals surface area contributed by atoms with Crippen LogP contribution in [-0.4, -0.2) is 11.1 Å². The van der Waals surface area contributed by atoms with Crippen molar-refractivity contribution in [3.63, 3.8) is 0 Å². The fraction of sp³-hybridized carbons (Fsp3) is 0.133. The third-order valence-corrected chi connectivity index (χ3v) is 2.73. The maximum atomic E-state index is 10.6. The monoisotopic (exact) mass is 257 g/mol. The molecule has 0 radical (unpaired) electrons. The standard InChI is InChI=1S/C15H14O4/c16-9-13-3-1-2-4-14(13)19-10-11-5-7-12(8-6-11)15(17)18/h1-8,16H,9-10H2,(H,17,18)/p-1. The smallest absolute Gasteiger partial charge is 0.125 e. The number of rotatable bonds is 5. The molecule has 19 heavy (non-hydrogen) atoms. The van der Waals surface area contributed by atoms with Gasteiger partial charge in [0.15, 0.2) is 0 Å². The third-order valence-electron chi connectivity index (χ3n) is 2.73. The van der Waals surface area contributed by atoms with Crippen LogP contribution in [0.15, 0.2) is 48.5 Å². The summed E-state index contributed by atoms with van der Waals surface area (Å²) in [5, 5.41) is 19.8. The number of para-hydroxylation sites is 1. The summed E-state index contributed by atoms with van der Waals surface area (Å²) in [6, 6.07) is 13.5. The van der Waals surface area contributed by atoms with Gasteiger partial charge in [-0.3, -0.25) is 0 Å². The van der Waals surface area contributed by atoms with Gasteiger partial charge >= 0.3 is 0 Å². The second kappa shape index (κ2) is 6.02. The number of aliphatic hydroxyl groups is 1. The number of ether oxygens (including phenoxy) is 1. The average molecular weight is 257 g/mol. The minimum Gasteiger partial charge on any atom is -0.545 e. The molecule has 0 heterocycles. The van der Waals surface area contributed by atoms with Crippen molar-refractivity contribution in [2.45, 2.75) is 13.2 Å². The topological polar surface area (TPSA) is 69.6 Å². The molecule has 0 aliphatic heterocycles. The average Bonchev–Trinajstić information content (AvgIpc) is 2.45. The Hall–Kier alpha value is -2.33. The number of benzene rings is 2. The highest BCUT2D eigenvalue weighted by atomic mass is 16.5. The molecule has 4 nitrogen and oxygen atoms in total. The third kappa shape index (κ3) is 3.33. The lowest BCUT2D eigenvalue weighted by molar-refractivity contribution is -0.255. The van der Waals surface area contributed by atoms with Gasteiger partial charge in [0, 0.05) is 5.56 Å². The van der Waals surface area contributed by atoms with Gasteiger partial charge in [0.25, 0.3) is 0 Å². The number of hydrogen-bond donors (Lipinski definition) is 1. The molecule has 4 heteroatoms. The Bertz CT molecular complexity index is 561. The minimum absolute atomic E-state index is 0.0835. The summed E-state index contributed by atoms with van der Waals surface area (Å²) in [5.74, 6) is -0.577. The summed E-state index contributed by atoms with van der Waals surface area (Å²) in [7, 11) is 0. The minimum atomic E-state index is -1.20. The van der Waals surface area contributed by atoms with E-state index in [2.05, 4.69) is 0 Å². The number of carbonyl (C=O) groups excluding carboxylic acids is 1. The first kappa shape index (κ1) is 13.1. The zero-order valence-corrected chi connectivity index (χ0v) is 10.2. The van der Waals surface area contributed by atoms with Crippen LogP contribution in [0.25, 0.3) is 0 Å². The van der Waals surface area contributed by atoms with Gasteiger partial charge in [-0.15, -0.1) is 0 Å². The first-order valence-electron chi connectivity index (χ1n) is 5.82. The Morgan fingerprint density at radius 2 is 1.79 bits per heavy atom. The van der Waals surface area contributed by atoms with Crippen molar-refractivity contribution in [2.24, 2.45) is 0 Å². The lowest BCUT2D eigenvalue weighted by Crippen LogP contribution is -2.22. The van der Waals surface area contributed by atoms with E-state index in [4.69, 9.17) is 9.84 Å². The number of aromatic carboxylic acids is 1. The summed E-state index contributed by atoms with van der Waals surface area (Å²) in [6.07, 6.45) is 0. The highest BCUT2D eigenvalue weighted by Crippen LogP contribution is 2.19. The van der Waals surface area contributed by atoms with Crippen LogP contribution in [-0.2, 0) is 13.2 Å². The van der Waals surface area contributed by atoms with Crippen LogP contribution < -0.4 is 9.84 Å². The molecule has 0 unspecified atom stereocenters. The van der Waals surface area contributed by atoms with E-state index in [9.17, 15) is 9.90 Å². The van der Waals surface area contributed by atoms with Crippen molar-refractivity contribution in [1.29, 1.82) is 0 Å². The molecule has 2 aromatic carbocycles. The number of carbonyl (C=O) groups is 1. The molecule has 0 saturated carbocycles. The van der Waals surface area contributed by atoms with E-state index in [-0.39, 0.29) is 12.2 Å². The highest BCUT2D eigenvalue weighted by molar-refractivity contribution is 5.85. The molecule has 0 atom stereocenters. The van der Waals surface area contributed by atoms with Crippen LogP contribution in [0, 0.1) is 0 Å². The summed E-state index contributed by atoms with van der Waals surface area (Å²) in [6.45, 7) is 0.226. The van der Waals surface area contributed by atoms with Gasteiger partial charge in [-0.25, -0.2) is 0 Å². The predicted octanol–water partition coefficient (Wildman–Crippen LogP) is 1.12. The van der Waals surface area contributed by atoms with E-state index in [0.29, 0.717) is 17.9 Å². The maximum Gasteiger partial charge on any atom is 0.125 e. The molecule has 0 saturated heterocycles. The molecule has 0 fully saturated rings. The van der Waals surface area contributed by atoms with Crippen molar-refractivity contribution < 1.29 is 19.7 Å². The van der Waals surface area contributed by atoms with Crippen LogP contribution >= 0.6 is 0 Å². The highest BCUT2D eigenvalue weighted by Gasteiger charge is 2.02. The van der Waals surface area contributed by atoms with Gasteiger partial charge in [-0.2, -0.15) is 0 Å². The Morgan fingerprint density at radius 3 is 2.42 bits per heavy atom. The molecule has 0 spiro atoms. The van der Waals surface area contributed by atoms with E-state index in [1.54, 1.807) is 24.3 Å². The molecule has 98 valence electrons. The zero-order valence-electron chi connectivity index (χ0n) is 10.2. The summed E-state index contributed by atoms with van der Waals surface area (Å²) < 4.78 is 5.59. The number of carboxylic acid groups (broad SMARTS) is 1. The summed E-state index contributed by atoms with van der Waals surface area (Å²) in [5.41, 5.74) is 1.70. The zero-order chi connectivity index (χ0) is 13.7. The van der Waals surface area contributed by atoms with Crippen molar-refractivity contribution in [1.82, 2.24) is 0 Å². The van der Waals surface area contributed by atoms with E-state index < -0.39 is 5.97 Å². The molecule has 0 aliphatic rings. The van der Waals surface area contributed by atoms with Crippen molar-refractivity contribution >= 4 is 5.97 Å².